The highest BCUT2D eigenvalue weighted by molar-refractivity contribution is 6.32. The third-order valence-electron chi connectivity index (χ3n) is 2.70. The van der Waals surface area contributed by atoms with E-state index in [0.717, 1.165) is 0 Å². The number of carbonyl (C=O) groups is 1. The Morgan fingerprint density at radius 3 is 2.62 bits per heavy atom. The Bertz CT molecular complexity index is 653. The van der Waals surface area contributed by atoms with Crippen LogP contribution in [0.5, 0.6) is 11.5 Å². The number of hydrogen-bond donors (Lipinski definition) is 0. The number of carbonyl (C=O) groups excluding carboxylic acids is 1. The van der Waals surface area contributed by atoms with Gasteiger partial charge in [0.05, 0.1) is 24.8 Å². The Balaban J connectivity index is 2.13. The number of nitrogens with zero attached hydrogens (tertiary/aromatic N) is 1. The monoisotopic (exact) mass is 311 g/mol. The molecule has 0 aliphatic rings. The molecule has 2 aromatic rings. The average Bonchev–Trinajstić information content (AvgIpc) is 2.89. The van der Waals surface area contributed by atoms with Crippen LogP contribution in [-0.2, 0) is 11.3 Å². The van der Waals surface area contributed by atoms with Gasteiger partial charge in [0.15, 0.2) is 11.5 Å². The maximum atomic E-state index is 12.0. The summed E-state index contributed by atoms with van der Waals surface area (Å²) in [6, 6.07) is 4.65. The minimum Gasteiger partial charge on any atom is -0.493 e. The third kappa shape index (κ3) is 3.46. The van der Waals surface area contributed by atoms with Gasteiger partial charge in [0.1, 0.15) is 18.1 Å². The molecule has 0 amide bonds. The molecular formula is C14H14ClNO5. The first kappa shape index (κ1) is 15.2. The highest BCUT2D eigenvalue weighted by Gasteiger charge is 2.16. The van der Waals surface area contributed by atoms with Gasteiger partial charge in [-0.3, -0.25) is 0 Å². The van der Waals surface area contributed by atoms with Crippen molar-refractivity contribution in [3.05, 3.63) is 40.2 Å². The summed E-state index contributed by atoms with van der Waals surface area (Å²) in [7, 11) is 2.93. The van der Waals surface area contributed by atoms with Gasteiger partial charge in [0.2, 0.25) is 0 Å². The highest BCUT2D eigenvalue weighted by Crippen LogP contribution is 2.36. The number of ether oxygens (including phenoxy) is 3. The molecule has 0 bridgehead atoms. The predicted molar refractivity (Wildman–Crippen MR) is 74.9 cm³/mol. The summed E-state index contributed by atoms with van der Waals surface area (Å²) in [5, 5.41) is 4.00. The van der Waals surface area contributed by atoms with Crippen molar-refractivity contribution < 1.29 is 23.5 Å². The molecule has 0 fully saturated rings. The molecule has 0 spiro atoms. The number of halogens is 1. The molecule has 112 valence electrons. The fourth-order valence-electron chi connectivity index (χ4n) is 1.74. The van der Waals surface area contributed by atoms with Crippen LogP contribution in [-0.4, -0.2) is 25.3 Å². The van der Waals surface area contributed by atoms with E-state index in [4.69, 9.17) is 30.3 Å². The molecule has 0 radical (unpaired) electrons. The van der Waals surface area contributed by atoms with Gasteiger partial charge in [-0.15, -0.1) is 0 Å². The molecule has 0 aliphatic heterocycles. The third-order valence-corrected chi connectivity index (χ3v) is 2.98. The molecule has 7 heteroatoms. The molecule has 0 saturated carbocycles. The maximum Gasteiger partial charge on any atom is 0.338 e. The van der Waals surface area contributed by atoms with Gasteiger partial charge in [-0.05, 0) is 19.1 Å². The predicted octanol–water partition coefficient (Wildman–Crippen LogP) is 3.01. The summed E-state index contributed by atoms with van der Waals surface area (Å²) in [4.78, 5) is 12.0. The van der Waals surface area contributed by atoms with E-state index in [-0.39, 0.29) is 17.2 Å². The Labute approximate surface area is 126 Å². The molecule has 0 unspecified atom stereocenters. The van der Waals surface area contributed by atoms with Crippen LogP contribution in [0.2, 0.25) is 5.02 Å². The summed E-state index contributed by atoms with van der Waals surface area (Å²) < 4.78 is 20.3. The van der Waals surface area contributed by atoms with Crippen LogP contribution in [0, 0.1) is 6.92 Å². The van der Waals surface area contributed by atoms with E-state index in [9.17, 15) is 4.79 Å². The molecule has 6 nitrogen and oxygen atoms in total. The van der Waals surface area contributed by atoms with Crippen molar-refractivity contribution in [2.24, 2.45) is 0 Å². The van der Waals surface area contributed by atoms with Gasteiger partial charge in [-0.1, -0.05) is 16.8 Å². The lowest BCUT2D eigenvalue weighted by Crippen LogP contribution is -2.06. The topological polar surface area (TPSA) is 70.8 Å². The molecule has 1 aromatic heterocycles. The number of esters is 1. The van der Waals surface area contributed by atoms with Gasteiger partial charge >= 0.3 is 5.97 Å². The second kappa shape index (κ2) is 6.49. The van der Waals surface area contributed by atoms with Crippen LogP contribution in [0.4, 0.5) is 0 Å². The van der Waals surface area contributed by atoms with Crippen molar-refractivity contribution in [1.29, 1.82) is 0 Å². The van der Waals surface area contributed by atoms with Crippen LogP contribution in [0.3, 0.4) is 0 Å². The lowest BCUT2D eigenvalue weighted by atomic mass is 10.2. The fraction of sp³-hybridized carbons (Fsp3) is 0.286. The van der Waals surface area contributed by atoms with E-state index in [1.165, 1.54) is 26.4 Å². The molecule has 0 N–H and O–H groups in total. The van der Waals surface area contributed by atoms with E-state index >= 15 is 0 Å². The van der Waals surface area contributed by atoms with Crippen molar-refractivity contribution >= 4 is 17.6 Å². The number of methoxy groups -OCH3 is 2. The van der Waals surface area contributed by atoms with E-state index < -0.39 is 5.97 Å². The molecule has 21 heavy (non-hydrogen) atoms. The van der Waals surface area contributed by atoms with Crippen LogP contribution in [0.1, 0.15) is 21.8 Å². The molecular weight excluding hydrogens is 298 g/mol. The number of aromatic nitrogens is 1. The van der Waals surface area contributed by atoms with Crippen LogP contribution < -0.4 is 9.47 Å². The average molecular weight is 312 g/mol. The highest BCUT2D eigenvalue weighted by atomic mass is 35.5. The fourth-order valence-corrected chi connectivity index (χ4v) is 2.03. The lowest BCUT2D eigenvalue weighted by Gasteiger charge is -2.11. The first-order valence-corrected chi connectivity index (χ1v) is 6.43. The van der Waals surface area contributed by atoms with Gasteiger partial charge in [-0.25, -0.2) is 4.79 Å². The van der Waals surface area contributed by atoms with Gasteiger partial charge < -0.3 is 18.7 Å². The quantitative estimate of drug-likeness (QED) is 0.790. The van der Waals surface area contributed by atoms with Gasteiger partial charge in [-0.2, -0.15) is 0 Å². The standard InChI is InChI=1S/C14H14ClNO5/c1-8-4-10(16-21-8)7-20-14(17)9-5-11(15)13(19-3)12(6-9)18-2/h4-6H,7H2,1-3H3. The van der Waals surface area contributed by atoms with Crippen molar-refractivity contribution in [2.45, 2.75) is 13.5 Å². The zero-order valence-corrected chi connectivity index (χ0v) is 12.6. The number of benzene rings is 1. The first-order chi connectivity index (χ1) is 10.0. The van der Waals surface area contributed by atoms with Crippen molar-refractivity contribution in [3.63, 3.8) is 0 Å². The van der Waals surface area contributed by atoms with Crippen molar-refractivity contribution in [3.8, 4) is 11.5 Å². The SMILES string of the molecule is COc1cc(C(=O)OCc2cc(C)on2)cc(Cl)c1OC. The zero-order chi connectivity index (χ0) is 15.4. The second-order valence-electron chi connectivity index (χ2n) is 4.20. The van der Waals surface area contributed by atoms with Crippen LogP contribution in [0.25, 0.3) is 0 Å². The molecule has 0 aliphatic carbocycles. The molecule has 0 atom stereocenters. The molecule has 2 rings (SSSR count). The summed E-state index contributed by atoms with van der Waals surface area (Å²) >= 11 is 6.04. The van der Waals surface area contributed by atoms with E-state index in [1.54, 1.807) is 13.0 Å². The Morgan fingerprint density at radius 2 is 2.05 bits per heavy atom. The zero-order valence-electron chi connectivity index (χ0n) is 11.8. The van der Waals surface area contributed by atoms with Crippen LogP contribution >= 0.6 is 11.6 Å². The van der Waals surface area contributed by atoms with Crippen molar-refractivity contribution in [1.82, 2.24) is 5.16 Å². The van der Waals surface area contributed by atoms with Gasteiger partial charge in [0, 0.05) is 6.07 Å². The number of hydrogen-bond acceptors (Lipinski definition) is 6. The summed E-state index contributed by atoms with van der Waals surface area (Å²) in [6.45, 7) is 1.77. The summed E-state index contributed by atoms with van der Waals surface area (Å²) in [5.74, 6) is 0.825. The van der Waals surface area contributed by atoms with Gasteiger partial charge in [0.25, 0.3) is 0 Å². The molecule has 0 saturated heterocycles. The lowest BCUT2D eigenvalue weighted by molar-refractivity contribution is 0.0464. The van der Waals surface area contributed by atoms with Crippen molar-refractivity contribution in [2.75, 3.05) is 14.2 Å². The van der Waals surface area contributed by atoms with E-state index in [1.807, 2.05) is 0 Å². The smallest absolute Gasteiger partial charge is 0.338 e. The molecule has 1 aromatic carbocycles. The minimum atomic E-state index is -0.543. The summed E-state index contributed by atoms with van der Waals surface area (Å²) in [5.41, 5.74) is 0.797. The normalized spacial score (nSPS) is 10.3. The maximum absolute atomic E-state index is 12.0. The Kier molecular flexibility index (Phi) is 4.70. The first-order valence-electron chi connectivity index (χ1n) is 6.06. The largest absolute Gasteiger partial charge is 0.493 e. The van der Waals surface area contributed by atoms with E-state index in [0.29, 0.717) is 23.0 Å². The Morgan fingerprint density at radius 1 is 1.29 bits per heavy atom. The van der Waals surface area contributed by atoms with Crippen LogP contribution in [0.15, 0.2) is 22.7 Å². The molecule has 1 heterocycles. The number of rotatable bonds is 5. The Hall–Kier alpha value is -2.21. The minimum absolute atomic E-state index is 0.0160. The summed E-state index contributed by atoms with van der Waals surface area (Å²) in [6.07, 6.45) is 0. The second-order valence-corrected chi connectivity index (χ2v) is 4.61. The van der Waals surface area contributed by atoms with E-state index in [2.05, 4.69) is 5.16 Å². The number of aryl methyl sites for hydroxylation is 1.